The molecule has 0 unspecified atom stereocenters. The van der Waals surface area contributed by atoms with Crippen molar-refractivity contribution in [1.29, 1.82) is 0 Å². The van der Waals surface area contributed by atoms with Crippen LogP contribution in [0.15, 0.2) is 35.6 Å². The molecule has 0 saturated heterocycles. The lowest BCUT2D eigenvalue weighted by Gasteiger charge is -2.13. The zero-order chi connectivity index (χ0) is 14.3. The summed E-state index contributed by atoms with van der Waals surface area (Å²) in [6, 6.07) is 10.7. The summed E-state index contributed by atoms with van der Waals surface area (Å²) in [4.78, 5) is 0. The van der Waals surface area contributed by atoms with E-state index in [-0.39, 0.29) is 18.8 Å². The molecule has 0 aromatic heterocycles. The molecule has 0 bridgehead atoms. The third-order valence-electron chi connectivity index (χ3n) is 2.92. The molecule has 1 heterocycles. The molecule has 2 rings (SSSR count). The lowest BCUT2D eigenvalue weighted by molar-refractivity contribution is 0.539. The quantitative estimate of drug-likeness (QED) is 0.440. The van der Waals surface area contributed by atoms with Gasteiger partial charge in [-0.1, -0.05) is 62.7 Å². The summed E-state index contributed by atoms with van der Waals surface area (Å²) in [5, 5.41) is 3.09. The number of hydrogen-bond donors (Lipinski definition) is 0. The molecule has 19 heavy (non-hydrogen) atoms. The number of hydrogen-bond acceptors (Lipinski definition) is 0. The van der Waals surface area contributed by atoms with Crippen LogP contribution in [-0.2, 0) is 0 Å². The third kappa shape index (κ3) is 3.49. The highest BCUT2D eigenvalue weighted by Crippen LogP contribution is 2.78. The molecule has 1 aliphatic heterocycles. The highest BCUT2D eigenvalue weighted by Gasteiger charge is 2.43. The van der Waals surface area contributed by atoms with Crippen molar-refractivity contribution in [2.75, 3.05) is 0 Å². The van der Waals surface area contributed by atoms with Crippen molar-refractivity contribution in [2.45, 2.75) is 41.5 Å². The van der Waals surface area contributed by atoms with Gasteiger partial charge in [0.05, 0.1) is 0 Å². The van der Waals surface area contributed by atoms with Gasteiger partial charge in [-0.2, -0.15) is 0 Å². The molecular weight excluding hydrogens is 247 g/mol. The fourth-order valence-electron chi connectivity index (χ4n) is 2.05. The predicted octanol–water partition coefficient (Wildman–Crippen LogP) is 5.90. The van der Waals surface area contributed by atoms with Gasteiger partial charge in [-0.3, -0.25) is 0 Å². The van der Waals surface area contributed by atoms with E-state index in [1.165, 1.54) is 10.9 Å². The lowest BCUT2D eigenvalue weighted by atomic mass is 9.95. The number of rotatable bonds is 1. The van der Waals surface area contributed by atoms with E-state index in [2.05, 4.69) is 83.5 Å². The first-order valence-electron chi connectivity index (χ1n) is 6.83. The van der Waals surface area contributed by atoms with E-state index in [0.717, 1.165) is 0 Å². The molecule has 1 aromatic rings. The average Bonchev–Trinajstić information content (AvgIpc) is 3.01. The smallest absolute Gasteiger partial charge is 0.0325 e. The zero-order valence-electron chi connectivity index (χ0n) is 12.8. The standard InChI is InChI=1S/C18H23P/c1-17(2,3)12-13-19-15(16(19)18(4,5)6)14-10-8-7-9-11-14/h7-11H,1-6H3/t19-/m0/s1. The van der Waals surface area contributed by atoms with Crippen molar-refractivity contribution in [3.63, 3.8) is 0 Å². The molecule has 0 aliphatic carbocycles. The Morgan fingerprint density at radius 2 is 1.47 bits per heavy atom. The van der Waals surface area contributed by atoms with Gasteiger partial charge in [0.25, 0.3) is 0 Å². The summed E-state index contributed by atoms with van der Waals surface area (Å²) < 4.78 is 0. The summed E-state index contributed by atoms with van der Waals surface area (Å²) >= 11 is 0. The molecule has 0 fully saturated rings. The minimum absolute atomic E-state index is 0.0930. The van der Waals surface area contributed by atoms with Crippen LogP contribution in [0.3, 0.4) is 0 Å². The molecule has 0 amide bonds. The first-order chi connectivity index (χ1) is 8.70. The van der Waals surface area contributed by atoms with Crippen LogP contribution >= 0.6 is 7.92 Å². The SMILES string of the molecule is CC(C)(C)C#C[P@@]1C(c2ccccc2)=C1C(C)(C)C. The van der Waals surface area contributed by atoms with E-state index >= 15 is 0 Å². The Balaban J connectivity index is 2.33. The minimum Gasteiger partial charge on any atom is -0.0921 e. The molecule has 0 radical (unpaired) electrons. The molecular formula is C18H23P. The van der Waals surface area contributed by atoms with Crippen molar-refractivity contribution in [3.05, 3.63) is 41.2 Å². The Labute approximate surface area is 119 Å². The van der Waals surface area contributed by atoms with Gasteiger partial charge in [-0.15, -0.1) is 0 Å². The second-order valence-corrected chi connectivity index (χ2v) is 8.92. The van der Waals surface area contributed by atoms with Crippen molar-refractivity contribution in [1.82, 2.24) is 0 Å². The molecule has 1 aromatic carbocycles. The summed E-state index contributed by atoms with van der Waals surface area (Å²) in [5.41, 5.74) is 5.24. The maximum Gasteiger partial charge on any atom is 0.0325 e. The second-order valence-electron chi connectivity index (χ2n) is 7.14. The first kappa shape index (κ1) is 14.4. The van der Waals surface area contributed by atoms with Crippen molar-refractivity contribution in [2.24, 2.45) is 10.8 Å². The summed E-state index contributed by atoms with van der Waals surface area (Å²) in [7, 11) is -0.334. The van der Waals surface area contributed by atoms with Crippen LogP contribution in [0.1, 0.15) is 47.1 Å². The van der Waals surface area contributed by atoms with Crippen LogP contribution in [0, 0.1) is 22.4 Å². The van der Waals surface area contributed by atoms with Gasteiger partial charge in [0.1, 0.15) is 0 Å². The van der Waals surface area contributed by atoms with Crippen LogP contribution < -0.4 is 0 Å². The topological polar surface area (TPSA) is 0 Å². The van der Waals surface area contributed by atoms with Crippen LogP contribution in [0.4, 0.5) is 0 Å². The molecule has 100 valence electrons. The van der Waals surface area contributed by atoms with Crippen molar-refractivity contribution in [3.8, 4) is 11.6 Å². The van der Waals surface area contributed by atoms with Crippen molar-refractivity contribution < 1.29 is 0 Å². The highest BCUT2D eigenvalue weighted by molar-refractivity contribution is 7.85. The fraction of sp³-hybridized carbons (Fsp3) is 0.444. The van der Waals surface area contributed by atoms with Gasteiger partial charge < -0.3 is 0 Å². The minimum atomic E-state index is -0.334. The highest BCUT2D eigenvalue weighted by atomic mass is 31.1. The van der Waals surface area contributed by atoms with E-state index in [1.807, 2.05) is 0 Å². The second kappa shape index (κ2) is 4.81. The van der Waals surface area contributed by atoms with Gasteiger partial charge in [0, 0.05) is 18.7 Å². The van der Waals surface area contributed by atoms with E-state index in [4.69, 9.17) is 0 Å². The monoisotopic (exact) mass is 270 g/mol. The number of benzene rings is 1. The van der Waals surface area contributed by atoms with Gasteiger partial charge in [-0.05, 0) is 37.1 Å². The summed E-state index contributed by atoms with van der Waals surface area (Å²) in [6.45, 7) is 13.4. The molecule has 0 saturated carbocycles. The average molecular weight is 270 g/mol. The van der Waals surface area contributed by atoms with Crippen molar-refractivity contribution >= 4 is 13.2 Å². The number of allylic oxidation sites excluding steroid dienone is 1. The lowest BCUT2D eigenvalue weighted by Crippen LogP contribution is -2.01. The molecule has 0 N–H and O–H groups in total. The fourth-order valence-corrected chi connectivity index (χ4v) is 4.75. The summed E-state index contributed by atoms with van der Waals surface area (Å²) in [5.74, 6) is 3.42. The zero-order valence-corrected chi connectivity index (χ0v) is 13.7. The summed E-state index contributed by atoms with van der Waals surface area (Å²) in [6.07, 6.45) is 0. The van der Waals surface area contributed by atoms with E-state index in [9.17, 15) is 0 Å². The van der Waals surface area contributed by atoms with Crippen LogP contribution in [0.25, 0.3) is 5.31 Å². The Bertz CT molecular complexity index is 554. The molecule has 1 heteroatoms. The molecule has 1 aliphatic rings. The third-order valence-corrected chi connectivity index (χ3v) is 5.30. The Hall–Kier alpha value is -1.05. The normalized spacial score (nSPS) is 18.9. The Kier molecular flexibility index (Phi) is 3.63. The predicted molar refractivity (Wildman–Crippen MR) is 87.0 cm³/mol. The Morgan fingerprint density at radius 3 is 1.95 bits per heavy atom. The first-order valence-corrected chi connectivity index (χ1v) is 8.17. The van der Waals surface area contributed by atoms with Gasteiger partial charge in [-0.25, -0.2) is 0 Å². The molecule has 0 nitrogen and oxygen atoms in total. The molecule has 0 spiro atoms. The van der Waals surface area contributed by atoms with Crippen LogP contribution in [-0.4, -0.2) is 0 Å². The van der Waals surface area contributed by atoms with Crippen LogP contribution in [0.5, 0.6) is 0 Å². The van der Waals surface area contributed by atoms with E-state index in [1.54, 1.807) is 5.31 Å². The largest absolute Gasteiger partial charge is 0.0921 e. The van der Waals surface area contributed by atoms with E-state index < -0.39 is 0 Å². The Morgan fingerprint density at radius 1 is 0.895 bits per heavy atom. The maximum atomic E-state index is 3.54. The van der Waals surface area contributed by atoms with Gasteiger partial charge in [0.15, 0.2) is 0 Å². The van der Waals surface area contributed by atoms with Gasteiger partial charge >= 0.3 is 0 Å². The molecule has 1 atom stereocenters. The maximum absolute atomic E-state index is 3.54. The van der Waals surface area contributed by atoms with E-state index in [0.29, 0.717) is 0 Å². The van der Waals surface area contributed by atoms with Gasteiger partial charge in [0.2, 0.25) is 0 Å². The van der Waals surface area contributed by atoms with Crippen LogP contribution in [0.2, 0.25) is 0 Å².